The van der Waals surface area contributed by atoms with Crippen LogP contribution in [0.1, 0.15) is 33.0 Å². The lowest BCUT2D eigenvalue weighted by atomic mass is 10.1. The van der Waals surface area contributed by atoms with Crippen molar-refractivity contribution in [3.05, 3.63) is 75.5 Å². The van der Waals surface area contributed by atoms with Crippen LogP contribution in [0.15, 0.2) is 47.8 Å². The van der Waals surface area contributed by atoms with Gasteiger partial charge in [-0.05, 0) is 68.0 Å². The molecule has 1 saturated heterocycles. The lowest BCUT2D eigenvalue weighted by Crippen LogP contribution is -2.31. The zero-order valence-corrected chi connectivity index (χ0v) is 17.6. The highest BCUT2D eigenvalue weighted by atomic mass is 32.1. The number of amides is 1. The van der Waals surface area contributed by atoms with Crippen LogP contribution in [0.25, 0.3) is 0 Å². The Kier molecular flexibility index (Phi) is 5.72. The van der Waals surface area contributed by atoms with Crippen molar-refractivity contribution in [1.29, 1.82) is 0 Å². The van der Waals surface area contributed by atoms with Crippen molar-refractivity contribution >= 4 is 22.9 Å². The molecule has 1 aliphatic rings. The minimum atomic E-state index is -0.214. The summed E-state index contributed by atoms with van der Waals surface area (Å²) in [5, 5.41) is 5.20. The van der Waals surface area contributed by atoms with E-state index in [9.17, 15) is 9.18 Å². The highest BCUT2D eigenvalue weighted by Gasteiger charge is 2.24. The molecule has 4 rings (SSSR count). The molecule has 6 heteroatoms. The molecule has 1 aliphatic heterocycles. The van der Waals surface area contributed by atoms with Crippen LogP contribution in [0, 0.1) is 25.6 Å². The fraction of sp³-hybridized carbons (Fsp3) is 0.348. The molecule has 29 heavy (non-hydrogen) atoms. The van der Waals surface area contributed by atoms with Gasteiger partial charge < -0.3 is 14.8 Å². The van der Waals surface area contributed by atoms with E-state index in [-0.39, 0.29) is 11.7 Å². The van der Waals surface area contributed by atoms with Gasteiger partial charge in [-0.15, -0.1) is 11.3 Å². The molecule has 3 heterocycles. The minimum Gasteiger partial charge on any atom is -0.371 e. The molecule has 1 N–H and O–H groups in total. The predicted molar refractivity (Wildman–Crippen MR) is 116 cm³/mol. The molecule has 0 saturated carbocycles. The fourth-order valence-corrected chi connectivity index (χ4v) is 4.74. The zero-order valence-electron chi connectivity index (χ0n) is 16.8. The lowest BCUT2D eigenvalue weighted by molar-refractivity contribution is 0.0947. The molecule has 0 aliphatic carbocycles. The maximum absolute atomic E-state index is 13.1. The Balaban J connectivity index is 1.35. The van der Waals surface area contributed by atoms with E-state index < -0.39 is 0 Å². The third kappa shape index (κ3) is 4.37. The molecule has 0 radical (unpaired) electrons. The third-order valence-corrected chi connectivity index (χ3v) is 6.60. The van der Waals surface area contributed by atoms with Gasteiger partial charge in [0.25, 0.3) is 5.91 Å². The average Bonchev–Trinajstić information content (AvgIpc) is 3.45. The SMILES string of the molecule is Cc1cc(C(=O)NCC2CCN(c3ccc(F)cc3)C2)c(C)n1Cc1cccs1. The van der Waals surface area contributed by atoms with Gasteiger partial charge in [0.15, 0.2) is 0 Å². The van der Waals surface area contributed by atoms with E-state index >= 15 is 0 Å². The second-order valence-corrected chi connectivity index (χ2v) is 8.77. The summed E-state index contributed by atoms with van der Waals surface area (Å²) in [6.07, 6.45) is 1.02. The van der Waals surface area contributed by atoms with Gasteiger partial charge in [0.1, 0.15) is 5.82 Å². The molecular formula is C23H26FN3OS. The van der Waals surface area contributed by atoms with E-state index in [2.05, 4.69) is 39.2 Å². The van der Waals surface area contributed by atoms with Gasteiger partial charge in [0.2, 0.25) is 0 Å². The van der Waals surface area contributed by atoms with Gasteiger partial charge in [-0.1, -0.05) is 6.07 Å². The summed E-state index contributed by atoms with van der Waals surface area (Å²) < 4.78 is 15.3. The van der Waals surface area contributed by atoms with E-state index in [4.69, 9.17) is 0 Å². The number of aryl methyl sites for hydroxylation is 1. The summed E-state index contributed by atoms with van der Waals surface area (Å²) in [6, 6.07) is 12.8. The number of rotatable bonds is 6. The fourth-order valence-electron chi connectivity index (χ4n) is 4.05. The molecule has 0 bridgehead atoms. The predicted octanol–water partition coefficient (Wildman–Crippen LogP) is 4.61. The van der Waals surface area contributed by atoms with E-state index in [0.717, 1.165) is 48.7 Å². The van der Waals surface area contributed by atoms with Gasteiger partial charge in [-0.2, -0.15) is 0 Å². The topological polar surface area (TPSA) is 37.3 Å². The maximum Gasteiger partial charge on any atom is 0.253 e. The Labute approximate surface area is 175 Å². The van der Waals surface area contributed by atoms with E-state index in [0.29, 0.717) is 12.5 Å². The summed E-state index contributed by atoms with van der Waals surface area (Å²) >= 11 is 1.73. The maximum atomic E-state index is 13.1. The average molecular weight is 412 g/mol. The Morgan fingerprint density at radius 1 is 1.24 bits per heavy atom. The molecule has 2 aromatic heterocycles. The van der Waals surface area contributed by atoms with Crippen molar-refractivity contribution in [1.82, 2.24) is 9.88 Å². The monoisotopic (exact) mass is 411 g/mol. The third-order valence-electron chi connectivity index (χ3n) is 5.74. The number of nitrogens with one attached hydrogen (secondary N) is 1. The first-order chi connectivity index (χ1) is 14.0. The Morgan fingerprint density at radius 2 is 2.03 bits per heavy atom. The van der Waals surface area contributed by atoms with Gasteiger partial charge in [0, 0.05) is 41.6 Å². The van der Waals surface area contributed by atoms with Crippen LogP contribution in [-0.4, -0.2) is 30.1 Å². The molecule has 1 aromatic carbocycles. The molecule has 1 fully saturated rings. The van der Waals surface area contributed by atoms with Crippen LogP contribution in [-0.2, 0) is 6.54 Å². The number of halogens is 1. The second-order valence-electron chi connectivity index (χ2n) is 7.74. The quantitative estimate of drug-likeness (QED) is 0.643. The van der Waals surface area contributed by atoms with Crippen molar-refractivity contribution < 1.29 is 9.18 Å². The summed E-state index contributed by atoms with van der Waals surface area (Å²) in [5.74, 6) is 0.183. The van der Waals surface area contributed by atoms with Gasteiger partial charge in [-0.3, -0.25) is 4.79 Å². The summed E-state index contributed by atoms with van der Waals surface area (Å²) in [6.45, 7) is 7.34. The van der Waals surface area contributed by atoms with E-state index in [1.807, 2.05) is 25.1 Å². The smallest absolute Gasteiger partial charge is 0.253 e. The van der Waals surface area contributed by atoms with Crippen molar-refractivity contribution in [2.75, 3.05) is 24.5 Å². The number of nitrogens with zero attached hydrogens (tertiary/aromatic N) is 2. The molecule has 4 nitrogen and oxygen atoms in total. The van der Waals surface area contributed by atoms with Crippen molar-refractivity contribution in [3.8, 4) is 0 Å². The second kappa shape index (κ2) is 8.41. The van der Waals surface area contributed by atoms with Crippen molar-refractivity contribution in [2.45, 2.75) is 26.8 Å². The normalized spacial score (nSPS) is 16.4. The highest BCUT2D eigenvalue weighted by molar-refractivity contribution is 7.09. The summed E-state index contributed by atoms with van der Waals surface area (Å²) in [4.78, 5) is 16.3. The van der Waals surface area contributed by atoms with Gasteiger partial charge in [-0.25, -0.2) is 4.39 Å². The van der Waals surface area contributed by atoms with Crippen LogP contribution in [0.4, 0.5) is 10.1 Å². The molecule has 152 valence electrons. The Morgan fingerprint density at radius 3 is 2.76 bits per heavy atom. The first-order valence-electron chi connectivity index (χ1n) is 9.99. The first-order valence-corrected chi connectivity index (χ1v) is 10.9. The Hall–Kier alpha value is -2.60. The lowest BCUT2D eigenvalue weighted by Gasteiger charge is -2.19. The number of anilines is 1. The first kappa shape index (κ1) is 19.7. The number of hydrogen-bond donors (Lipinski definition) is 1. The number of carbonyl (C=O) groups is 1. The van der Waals surface area contributed by atoms with Crippen LogP contribution >= 0.6 is 11.3 Å². The van der Waals surface area contributed by atoms with Crippen molar-refractivity contribution in [2.24, 2.45) is 5.92 Å². The largest absolute Gasteiger partial charge is 0.371 e. The molecule has 1 unspecified atom stereocenters. The van der Waals surface area contributed by atoms with Crippen LogP contribution in [0.3, 0.4) is 0 Å². The molecule has 0 spiro atoms. The summed E-state index contributed by atoms with van der Waals surface area (Å²) in [7, 11) is 0. The number of benzene rings is 1. The van der Waals surface area contributed by atoms with Crippen LogP contribution < -0.4 is 10.2 Å². The minimum absolute atomic E-state index is 0.00392. The zero-order chi connectivity index (χ0) is 20.4. The molecular weight excluding hydrogens is 385 g/mol. The van der Waals surface area contributed by atoms with Crippen molar-refractivity contribution in [3.63, 3.8) is 0 Å². The molecule has 1 amide bonds. The number of carbonyl (C=O) groups excluding carboxylic acids is 1. The Bertz CT molecular complexity index is 978. The highest BCUT2D eigenvalue weighted by Crippen LogP contribution is 2.24. The number of aromatic nitrogens is 1. The molecule has 1 atom stereocenters. The van der Waals surface area contributed by atoms with Gasteiger partial charge in [0.05, 0.1) is 12.1 Å². The summed E-state index contributed by atoms with van der Waals surface area (Å²) in [5.41, 5.74) is 3.90. The standard InChI is InChI=1S/C23H26FN3OS/c1-16-12-22(17(2)27(16)15-21-4-3-11-29-21)23(28)25-13-18-9-10-26(14-18)20-7-5-19(24)6-8-20/h3-8,11-12,18H,9-10,13-15H2,1-2H3,(H,25,28). The van der Waals surface area contributed by atoms with Gasteiger partial charge >= 0.3 is 0 Å². The van der Waals surface area contributed by atoms with E-state index in [1.165, 1.54) is 17.0 Å². The number of hydrogen-bond acceptors (Lipinski definition) is 3. The van der Waals surface area contributed by atoms with Crippen LogP contribution in [0.2, 0.25) is 0 Å². The van der Waals surface area contributed by atoms with E-state index in [1.54, 1.807) is 11.3 Å². The molecule has 3 aromatic rings. The van der Waals surface area contributed by atoms with Crippen LogP contribution in [0.5, 0.6) is 0 Å². The number of thiophene rings is 1.